The van der Waals surface area contributed by atoms with Crippen molar-refractivity contribution in [2.24, 2.45) is 5.73 Å². The molecule has 1 aromatic carbocycles. The van der Waals surface area contributed by atoms with E-state index < -0.39 is 15.6 Å². The summed E-state index contributed by atoms with van der Waals surface area (Å²) in [4.78, 5) is 0.470. The quantitative estimate of drug-likeness (QED) is 0.800. The minimum atomic E-state index is -3.56. The van der Waals surface area contributed by atoms with Crippen molar-refractivity contribution in [2.75, 3.05) is 13.2 Å². The van der Waals surface area contributed by atoms with Crippen LogP contribution in [0.3, 0.4) is 0 Å². The van der Waals surface area contributed by atoms with Crippen LogP contribution in [0.2, 0.25) is 0 Å². The summed E-state index contributed by atoms with van der Waals surface area (Å²) in [6, 6.07) is 4.73. The first-order valence-corrected chi connectivity index (χ1v) is 8.67. The summed E-state index contributed by atoms with van der Waals surface area (Å²) in [5.74, 6) is 0. The van der Waals surface area contributed by atoms with Gasteiger partial charge in [0.05, 0.1) is 10.5 Å². The minimum Gasteiger partial charge on any atom is -0.389 e. The van der Waals surface area contributed by atoms with Crippen LogP contribution in [0.15, 0.2) is 23.1 Å². The van der Waals surface area contributed by atoms with Crippen molar-refractivity contribution in [3.8, 4) is 0 Å². The van der Waals surface area contributed by atoms with Crippen molar-refractivity contribution >= 4 is 27.2 Å². The van der Waals surface area contributed by atoms with E-state index in [1.165, 1.54) is 6.07 Å². The average molecular weight is 328 g/mol. The zero-order valence-corrected chi connectivity index (χ0v) is 13.8. The molecule has 0 aliphatic carbocycles. The van der Waals surface area contributed by atoms with Gasteiger partial charge in [0, 0.05) is 18.7 Å². The Morgan fingerprint density at radius 3 is 2.76 bits per heavy atom. The van der Waals surface area contributed by atoms with E-state index in [1.807, 2.05) is 6.92 Å². The van der Waals surface area contributed by atoms with E-state index in [4.69, 9.17) is 22.7 Å². The molecule has 1 atom stereocenters. The molecule has 1 fully saturated rings. The Morgan fingerprint density at radius 2 is 2.24 bits per heavy atom. The van der Waals surface area contributed by atoms with Gasteiger partial charge < -0.3 is 10.5 Å². The fourth-order valence-electron chi connectivity index (χ4n) is 2.39. The van der Waals surface area contributed by atoms with Gasteiger partial charge >= 0.3 is 0 Å². The van der Waals surface area contributed by atoms with E-state index in [9.17, 15) is 8.42 Å². The summed E-state index contributed by atoms with van der Waals surface area (Å²) in [7, 11) is -3.56. The van der Waals surface area contributed by atoms with Crippen LogP contribution in [0, 0.1) is 6.92 Å². The number of nitrogens with two attached hydrogens (primary N) is 1. The third kappa shape index (κ3) is 3.79. The van der Waals surface area contributed by atoms with Crippen LogP contribution in [-0.2, 0) is 14.8 Å². The van der Waals surface area contributed by atoms with Gasteiger partial charge in [-0.05, 0) is 44.4 Å². The third-order valence-corrected chi connectivity index (χ3v) is 5.33. The second-order valence-electron chi connectivity index (χ2n) is 5.57. The molecule has 2 rings (SSSR count). The molecule has 0 aromatic heterocycles. The number of rotatable bonds is 5. The second kappa shape index (κ2) is 6.00. The molecule has 0 spiro atoms. The summed E-state index contributed by atoms with van der Waals surface area (Å²) >= 11 is 4.92. The highest BCUT2D eigenvalue weighted by atomic mass is 32.2. The van der Waals surface area contributed by atoms with E-state index in [0.29, 0.717) is 12.2 Å². The van der Waals surface area contributed by atoms with Crippen LogP contribution in [0.25, 0.3) is 0 Å². The van der Waals surface area contributed by atoms with Gasteiger partial charge in [-0.25, -0.2) is 13.1 Å². The smallest absolute Gasteiger partial charge is 0.240 e. The Labute approximate surface area is 130 Å². The fourth-order valence-corrected chi connectivity index (χ4v) is 3.86. The number of hydrogen-bond acceptors (Lipinski definition) is 4. The Kier molecular flexibility index (Phi) is 4.67. The molecule has 0 saturated carbocycles. The molecule has 21 heavy (non-hydrogen) atoms. The summed E-state index contributed by atoms with van der Waals surface area (Å²) in [5, 5.41) is 0. The maximum Gasteiger partial charge on any atom is 0.240 e. The predicted molar refractivity (Wildman–Crippen MR) is 85.8 cm³/mol. The predicted octanol–water partition coefficient (Wildman–Crippen LogP) is 1.48. The summed E-state index contributed by atoms with van der Waals surface area (Å²) < 4.78 is 32.9. The molecule has 1 aliphatic heterocycles. The van der Waals surface area contributed by atoms with Crippen molar-refractivity contribution in [1.29, 1.82) is 0 Å². The molecule has 1 aromatic rings. The lowest BCUT2D eigenvalue weighted by Gasteiger charge is -2.23. The van der Waals surface area contributed by atoms with E-state index in [0.717, 1.165) is 18.4 Å². The SMILES string of the molecule is Cc1cc(S(=O)(=O)NCC2(C)CCCO2)ccc1C(N)=S. The molecule has 7 heteroatoms. The van der Waals surface area contributed by atoms with Gasteiger partial charge in [0.1, 0.15) is 4.99 Å². The summed E-state index contributed by atoms with van der Waals surface area (Å²) in [6.45, 7) is 4.66. The Morgan fingerprint density at radius 1 is 1.52 bits per heavy atom. The number of ether oxygens (including phenoxy) is 1. The van der Waals surface area contributed by atoms with Gasteiger partial charge in [0.15, 0.2) is 0 Å². The number of thiocarbonyl (C=S) groups is 1. The van der Waals surface area contributed by atoms with Crippen molar-refractivity contribution in [3.05, 3.63) is 29.3 Å². The number of sulfonamides is 1. The first kappa shape index (κ1) is 16.4. The van der Waals surface area contributed by atoms with Crippen LogP contribution >= 0.6 is 12.2 Å². The van der Waals surface area contributed by atoms with Gasteiger partial charge in [-0.15, -0.1) is 0 Å². The molecular formula is C14H20N2O3S2. The molecular weight excluding hydrogens is 308 g/mol. The molecule has 0 bridgehead atoms. The third-order valence-electron chi connectivity index (χ3n) is 3.71. The second-order valence-corrected chi connectivity index (χ2v) is 7.77. The Balaban J connectivity index is 2.16. The number of hydrogen-bond donors (Lipinski definition) is 2. The number of aryl methyl sites for hydroxylation is 1. The van der Waals surface area contributed by atoms with E-state index >= 15 is 0 Å². The Hall–Kier alpha value is -1.02. The zero-order chi connectivity index (χ0) is 15.7. The van der Waals surface area contributed by atoms with Crippen LogP contribution in [-0.4, -0.2) is 32.2 Å². The molecule has 1 aliphatic rings. The number of benzene rings is 1. The highest BCUT2D eigenvalue weighted by Gasteiger charge is 2.31. The van der Waals surface area contributed by atoms with Crippen molar-refractivity contribution in [2.45, 2.75) is 37.2 Å². The summed E-state index contributed by atoms with van der Waals surface area (Å²) in [5.41, 5.74) is 6.60. The average Bonchev–Trinajstić information content (AvgIpc) is 2.84. The normalized spacial score (nSPS) is 22.4. The summed E-state index contributed by atoms with van der Waals surface area (Å²) in [6.07, 6.45) is 1.81. The molecule has 1 saturated heterocycles. The molecule has 5 nitrogen and oxygen atoms in total. The van der Waals surface area contributed by atoms with E-state index in [-0.39, 0.29) is 16.4 Å². The van der Waals surface area contributed by atoms with Crippen LogP contribution in [0.1, 0.15) is 30.9 Å². The maximum absolute atomic E-state index is 12.3. The van der Waals surface area contributed by atoms with Gasteiger partial charge in [-0.1, -0.05) is 18.3 Å². The number of nitrogens with one attached hydrogen (secondary N) is 1. The lowest BCUT2D eigenvalue weighted by molar-refractivity contribution is 0.0250. The van der Waals surface area contributed by atoms with Gasteiger partial charge in [0.2, 0.25) is 10.0 Å². The lowest BCUT2D eigenvalue weighted by atomic mass is 10.0. The van der Waals surface area contributed by atoms with Crippen LogP contribution in [0.5, 0.6) is 0 Å². The molecule has 1 unspecified atom stereocenters. The molecule has 1 heterocycles. The van der Waals surface area contributed by atoms with Gasteiger partial charge in [-0.2, -0.15) is 0 Å². The highest BCUT2D eigenvalue weighted by Crippen LogP contribution is 2.25. The highest BCUT2D eigenvalue weighted by molar-refractivity contribution is 7.89. The molecule has 3 N–H and O–H groups in total. The molecule has 0 amide bonds. The van der Waals surface area contributed by atoms with E-state index in [2.05, 4.69) is 4.72 Å². The van der Waals surface area contributed by atoms with E-state index in [1.54, 1.807) is 19.1 Å². The zero-order valence-electron chi connectivity index (χ0n) is 12.2. The molecule has 0 radical (unpaired) electrons. The van der Waals surface area contributed by atoms with Crippen LogP contribution < -0.4 is 10.5 Å². The fraction of sp³-hybridized carbons (Fsp3) is 0.500. The molecule has 116 valence electrons. The first-order valence-electron chi connectivity index (χ1n) is 6.78. The first-order chi connectivity index (χ1) is 9.73. The van der Waals surface area contributed by atoms with Crippen molar-refractivity contribution in [1.82, 2.24) is 4.72 Å². The monoisotopic (exact) mass is 328 g/mol. The van der Waals surface area contributed by atoms with Gasteiger partial charge in [0.25, 0.3) is 0 Å². The van der Waals surface area contributed by atoms with Crippen molar-refractivity contribution < 1.29 is 13.2 Å². The standard InChI is InChI=1S/C14H20N2O3S2/c1-10-8-11(4-5-12(10)13(15)20)21(17,18)16-9-14(2)6-3-7-19-14/h4-5,8,16H,3,6-7,9H2,1-2H3,(H2,15,20). The van der Waals surface area contributed by atoms with Crippen LogP contribution in [0.4, 0.5) is 0 Å². The minimum absolute atomic E-state index is 0.210. The van der Waals surface area contributed by atoms with Crippen molar-refractivity contribution in [3.63, 3.8) is 0 Å². The largest absolute Gasteiger partial charge is 0.389 e. The Bertz CT molecular complexity index is 650. The topological polar surface area (TPSA) is 81.4 Å². The lowest BCUT2D eigenvalue weighted by Crippen LogP contribution is -2.40. The van der Waals surface area contributed by atoms with Gasteiger partial charge in [-0.3, -0.25) is 0 Å². The maximum atomic E-state index is 12.3.